The van der Waals surface area contributed by atoms with Gasteiger partial charge in [-0.1, -0.05) is 17.8 Å². The molecule has 1 aromatic carbocycles. The molecule has 1 heterocycles. The number of aromatic nitrogens is 3. The highest BCUT2D eigenvalue weighted by molar-refractivity contribution is 7.99. The Balaban J connectivity index is 1.81. The van der Waals surface area contributed by atoms with Crippen molar-refractivity contribution in [2.75, 3.05) is 24.7 Å². The van der Waals surface area contributed by atoms with Gasteiger partial charge >= 0.3 is 0 Å². The number of amides is 2. The van der Waals surface area contributed by atoms with Gasteiger partial charge in [0.2, 0.25) is 11.8 Å². The molecule has 146 valence electrons. The highest BCUT2D eigenvalue weighted by Gasteiger charge is 2.31. The van der Waals surface area contributed by atoms with Crippen LogP contribution in [-0.2, 0) is 9.59 Å². The summed E-state index contributed by atoms with van der Waals surface area (Å²) in [6, 6.07) is 9.55. The molecule has 0 saturated heterocycles. The number of hydrogen-bond donors (Lipinski definition) is 1. The Hall–Kier alpha value is -2.86. The van der Waals surface area contributed by atoms with Crippen LogP contribution >= 0.6 is 11.8 Å². The van der Waals surface area contributed by atoms with Gasteiger partial charge in [-0.2, -0.15) is 5.26 Å². The van der Waals surface area contributed by atoms with Crippen molar-refractivity contribution in [3.63, 3.8) is 0 Å². The summed E-state index contributed by atoms with van der Waals surface area (Å²) in [7, 11) is 1.69. The molecule has 0 aliphatic heterocycles. The monoisotopic (exact) mass is 398 g/mol. The summed E-state index contributed by atoms with van der Waals surface area (Å²) in [6.45, 7) is 1.88. The number of benzene rings is 1. The summed E-state index contributed by atoms with van der Waals surface area (Å²) < 4.78 is 1.97. The Morgan fingerprint density at radius 3 is 2.86 bits per heavy atom. The van der Waals surface area contributed by atoms with Gasteiger partial charge in [-0.3, -0.25) is 14.2 Å². The van der Waals surface area contributed by atoms with Gasteiger partial charge in [0.15, 0.2) is 5.16 Å². The molecule has 1 fully saturated rings. The maximum absolute atomic E-state index is 12.3. The predicted octanol–water partition coefficient (Wildman–Crippen LogP) is 2.57. The number of rotatable bonds is 8. The predicted molar refractivity (Wildman–Crippen MR) is 106 cm³/mol. The molecule has 2 amide bonds. The standard InChI is InChI=1S/C19H22N6O2S/c1-13(26)21-15-5-3-6-16(11-15)25-18(14-7-8-14)22-23-19(25)28-12-17(27)24(2)10-4-9-20/h3,5-6,11,14H,4,7-8,10,12H2,1-2H3,(H,21,26). The van der Waals surface area contributed by atoms with Gasteiger partial charge in [0.25, 0.3) is 0 Å². The lowest BCUT2D eigenvalue weighted by Gasteiger charge is -2.15. The molecule has 28 heavy (non-hydrogen) atoms. The lowest BCUT2D eigenvalue weighted by atomic mass is 10.2. The van der Waals surface area contributed by atoms with Crippen LogP contribution < -0.4 is 5.32 Å². The molecular formula is C19H22N6O2S. The Kier molecular flexibility index (Phi) is 6.31. The van der Waals surface area contributed by atoms with Gasteiger partial charge < -0.3 is 10.2 Å². The van der Waals surface area contributed by atoms with Crippen LogP contribution in [0.5, 0.6) is 0 Å². The van der Waals surface area contributed by atoms with Crippen LogP contribution in [0.2, 0.25) is 0 Å². The summed E-state index contributed by atoms with van der Waals surface area (Å²) in [4.78, 5) is 25.2. The van der Waals surface area contributed by atoms with E-state index >= 15 is 0 Å². The van der Waals surface area contributed by atoms with E-state index in [1.165, 1.54) is 18.7 Å². The van der Waals surface area contributed by atoms with Crippen molar-refractivity contribution in [3.05, 3.63) is 30.1 Å². The van der Waals surface area contributed by atoms with Crippen LogP contribution in [0, 0.1) is 11.3 Å². The molecule has 1 aromatic heterocycles. The van der Waals surface area contributed by atoms with Crippen molar-refractivity contribution in [2.45, 2.75) is 37.3 Å². The molecule has 2 aromatic rings. The zero-order valence-electron chi connectivity index (χ0n) is 15.9. The third kappa shape index (κ3) is 4.89. The van der Waals surface area contributed by atoms with Crippen LogP contribution in [0.25, 0.3) is 5.69 Å². The zero-order chi connectivity index (χ0) is 20.1. The largest absolute Gasteiger partial charge is 0.344 e. The fraction of sp³-hybridized carbons (Fsp3) is 0.421. The number of anilines is 1. The first-order valence-electron chi connectivity index (χ1n) is 9.06. The first-order chi connectivity index (χ1) is 13.5. The Morgan fingerprint density at radius 1 is 1.39 bits per heavy atom. The molecule has 1 N–H and O–H groups in total. The Bertz CT molecular complexity index is 915. The minimum atomic E-state index is -0.135. The normalized spacial score (nSPS) is 13.0. The summed E-state index contributed by atoms with van der Waals surface area (Å²) in [6.07, 6.45) is 2.46. The fourth-order valence-electron chi connectivity index (χ4n) is 2.73. The number of hydrogen-bond acceptors (Lipinski definition) is 6. The topological polar surface area (TPSA) is 104 Å². The van der Waals surface area contributed by atoms with E-state index in [1.54, 1.807) is 11.9 Å². The zero-order valence-corrected chi connectivity index (χ0v) is 16.7. The van der Waals surface area contributed by atoms with E-state index in [0.29, 0.717) is 29.7 Å². The number of carbonyl (C=O) groups excluding carboxylic acids is 2. The molecule has 0 spiro atoms. The summed E-state index contributed by atoms with van der Waals surface area (Å²) in [5, 5.41) is 20.8. The number of nitrogens with zero attached hydrogens (tertiary/aromatic N) is 5. The van der Waals surface area contributed by atoms with Crippen molar-refractivity contribution in [3.8, 4) is 11.8 Å². The van der Waals surface area contributed by atoms with Gasteiger partial charge in [-0.25, -0.2) is 0 Å². The van der Waals surface area contributed by atoms with E-state index in [1.807, 2.05) is 34.9 Å². The molecule has 8 nitrogen and oxygen atoms in total. The van der Waals surface area contributed by atoms with Gasteiger partial charge in [-0.15, -0.1) is 10.2 Å². The van der Waals surface area contributed by atoms with Crippen molar-refractivity contribution in [1.82, 2.24) is 19.7 Å². The molecule has 9 heteroatoms. The third-order valence-electron chi connectivity index (χ3n) is 4.34. The SMILES string of the molecule is CC(=O)Nc1cccc(-n2c(SCC(=O)N(C)CCC#N)nnc2C2CC2)c1. The second-order valence-corrected chi connectivity index (χ2v) is 7.64. The van der Waals surface area contributed by atoms with E-state index in [9.17, 15) is 9.59 Å². The van der Waals surface area contributed by atoms with E-state index in [-0.39, 0.29) is 17.6 Å². The van der Waals surface area contributed by atoms with Crippen molar-refractivity contribution in [1.29, 1.82) is 5.26 Å². The van der Waals surface area contributed by atoms with Crippen molar-refractivity contribution < 1.29 is 9.59 Å². The first kappa shape index (κ1) is 19.9. The highest BCUT2D eigenvalue weighted by Crippen LogP contribution is 2.41. The van der Waals surface area contributed by atoms with Crippen LogP contribution in [0.4, 0.5) is 5.69 Å². The molecule has 0 unspecified atom stereocenters. The van der Waals surface area contributed by atoms with Crippen molar-refractivity contribution >= 4 is 29.3 Å². The summed E-state index contributed by atoms with van der Waals surface area (Å²) in [5.41, 5.74) is 1.55. The number of nitriles is 1. The molecule has 1 aliphatic carbocycles. The average molecular weight is 398 g/mol. The average Bonchev–Trinajstić information content (AvgIpc) is 3.43. The van der Waals surface area contributed by atoms with Crippen LogP contribution in [0.3, 0.4) is 0 Å². The van der Waals surface area contributed by atoms with Crippen LogP contribution in [-0.4, -0.2) is 50.8 Å². The smallest absolute Gasteiger partial charge is 0.232 e. The summed E-state index contributed by atoms with van der Waals surface area (Å²) >= 11 is 1.33. The molecular weight excluding hydrogens is 376 g/mol. The van der Waals surface area contributed by atoms with E-state index < -0.39 is 0 Å². The second-order valence-electron chi connectivity index (χ2n) is 6.69. The number of thioether (sulfide) groups is 1. The van der Waals surface area contributed by atoms with E-state index in [4.69, 9.17) is 5.26 Å². The lowest BCUT2D eigenvalue weighted by molar-refractivity contribution is -0.127. The summed E-state index contributed by atoms with van der Waals surface area (Å²) in [5.74, 6) is 1.28. The van der Waals surface area contributed by atoms with Gasteiger partial charge in [0, 0.05) is 32.1 Å². The highest BCUT2D eigenvalue weighted by atomic mass is 32.2. The lowest BCUT2D eigenvalue weighted by Crippen LogP contribution is -2.29. The minimum absolute atomic E-state index is 0.0604. The van der Waals surface area contributed by atoms with Gasteiger partial charge in [0.05, 0.1) is 23.9 Å². The minimum Gasteiger partial charge on any atom is -0.344 e. The fourth-order valence-corrected chi connectivity index (χ4v) is 3.63. The maximum Gasteiger partial charge on any atom is 0.232 e. The Morgan fingerprint density at radius 2 is 2.18 bits per heavy atom. The Labute approximate surface area is 167 Å². The molecule has 0 bridgehead atoms. The third-order valence-corrected chi connectivity index (χ3v) is 5.25. The first-order valence-corrected chi connectivity index (χ1v) is 10.0. The van der Waals surface area contributed by atoms with Crippen molar-refractivity contribution in [2.24, 2.45) is 0 Å². The number of carbonyl (C=O) groups is 2. The second kappa shape index (κ2) is 8.89. The van der Waals surface area contributed by atoms with Gasteiger partial charge in [-0.05, 0) is 31.0 Å². The number of nitrogens with one attached hydrogen (secondary N) is 1. The van der Waals surface area contributed by atoms with Gasteiger partial charge in [0.1, 0.15) is 5.82 Å². The van der Waals surface area contributed by atoms with Crippen LogP contribution in [0.15, 0.2) is 29.4 Å². The van der Waals surface area contributed by atoms with E-state index in [0.717, 1.165) is 24.4 Å². The van der Waals surface area contributed by atoms with Crippen LogP contribution in [0.1, 0.15) is 37.9 Å². The molecule has 1 saturated carbocycles. The van der Waals surface area contributed by atoms with E-state index in [2.05, 4.69) is 15.5 Å². The quantitative estimate of drug-likeness (QED) is 0.686. The molecule has 0 radical (unpaired) electrons. The molecule has 1 aliphatic rings. The maximum atomic E-state index is 12.3. The molecule has 0 atom stereocenters. The molecule has 3 rings (SSSR count).